The molecule has 0 aromatic carbocycles. The van der Waals surface area contributed by atoms with Crippen molar-refractivity contribution in [2.75, 3.05) is 0 Å². The quantitative estimate of drug-likeness (QED) is 0.480. The second-order valence-corrected chi connectivity index (χ2v) is 3.03. The standard InChI is InChI=1S/C7H9N3O3/c1-5-2-3-9-7(13-5)6(4-8-9)10(11)12/h4-5H,2-3H2,1H3. The third-order valence-electron chi connectivity index (χ3n) is 2.03. The first kappa shape index (κ1) is 8.03. The highest BCUT2D eigenvalue weighted by Crippen LogP contribution is 2.30. The van der Waals surface area contributed by atoms with E-state index in [1.807, 2.05) is 6.92 Å². The topological polar surface area (TPSA) is 70.2 Å². The van der Waals surface area contributed by atoms with Crippen molar-refractivity contribution < 1.29 is 9.66 Å². The maximum Gasteiger partial charge on any atom is 0.350 e. The normalized spacial score (nSPS) is 20.5. The van der Waals surface area contributed by atoms with Crippen LogP contribution in [0.1, 0.15) is 13.3 Å². The van der Waals surface area contributed by atoms with Gasteiger partial charge in [0.15, 0.2) is 0 Å². The Bertz CT molecular complexity index is 347. The van der Waals surface area contributed by atoms with Gasteiger partial charge in [-0.2, -0.15) is 5.10 Å². The molecule has 0 spiro atoms. The van der Waals surface area contributed by atoms with E-state index in [4.69, 9.17) is 4.74 Å². The van der Waals surface area contributed by atoms with Crippen molar-refractivity contribution in [3.8, 4) is 5.88 Å². The number of rotatable bonds is 1. The minimum absolute atomic E-state index is 0.0305. The van der Waals surface area contributed by atoms with Gasteiger partial charge in [0.1, 0.15) is 6.20 Å². The first-order valence-corrected chi connectivity index (χ1v) is 4.05. The molecule has 0 fully saturated rings. The number of fused-ring (bicyclic) bond motifs is 1. The number of aromatic nitrogens is 2. The van der Waals surface area contributed by atoms with E-state index >= 15 is 0 Å². The number of nitro groups is 1. The zero-order valence-corrected chi connectivity index (χ0v) is 7.14. The van der Waals surface area contributed by atoms with Gasteiger partial charge >= 0.3 is 5.69 Å². The Morgan fingerprint density at radius 2 is 2.62 bits per heavy atom. The highest BCUT2D eigenvalue weighted by Gasteiger charge is 2.27. The van der Waals surface area contributed by atoms with Crippen LogP contribution in [0.2, 0.25) is 0 Å². The molecule has 0 radical (unpaired) electrons. The highest BCUT2D eigenvalue weighted by atomic mass is 16.6. The van der Waals surface area contributed by atoms with Gasteiger partial charge in [-0.25, -0.2) is 4.68 Å². The Hall–Kier alpha value is -1.59. The van der Waals surface area contributed by atoms with E-state index in [0.717, 1.165) is 6.42 Å². The van der Waals surface area contributed by atoms with Crippen LogP contribution >= 0.6 is 0 Å². The molecule has 2 heterocycles. The third kappa shape index (κ3) is 1.24. The van der Waals surface area contributed by atoms with Crippen LogP contribution in [0.25, 0.3) is 0 Å². The summed E-state index contributed by atoms with van der Waals surface area (Å²) >= 11 is 0. The van der Waals surface area contributed by atoms with Crippen LogP contribution in [-0.2, 0) is 6.54 Å². The molecule has 0 bridgehead atoms. The van der Waals surface area contributed by atoms with E-state index in [2.05, 4.69) is 5.10 Å². The van der Waals surface area contributed by atoms with Crippen LogP contribution in [0, 0.1) is 10.1 Å². The predicted molar refractivity (Wildman–Crippen MR) is 43.6 cm³/mol. The average Bonchev–Trinajstić information content (AvgIpc) is 2.46. The van der Waals surface area contributed by atoms with E-state index in [0.29, 0.717) is 6.54 Å². The molecule has 6 nitrogen and oxygen atoms in total. The van der Waals surface area contributed by atoms with Crippen LogP contribution in [-0.4, -0.2) is 20.8 Å². The third-order valence-corrected chi connectivity index (χ3v) is 2.03. The first-order valence-electron chi connectivity index (χ1n) is 4.05. The highest BCUT2D eigenvalue weighted by molar-refractivity contribution is 5.39. The fourth-order valence-electron chi connectivity index (χ4n) is 1.32. The van der Waals surface area contributed by atoms with E-state index in [9.17, 15) is 10.1 Å². The minimum atomic E-state index is -0.475. The lowest BCUT2D eigenvalue weighted by Crippen LogP contribution is -2.23. The Balaban J connectivity index is 2.41. The molecule has 1 aliphatic heterocycles. The van der Waals surface area contributed by atoms with Gasteiger partial charge in [-0.3, -0.25) is 10.1 Å². The fourth-order valence-corrected chi connectivity index (χ4v) is 1.32. The molecule has 0 saturated carbocycles. The van der Waals surface area contributed by atoms with E-state index in [-0.39, 0.29) is 17.7 Å². The smallest absolute Gasteiger partial charge is 0.350 e. The van der Waals surface area contributed by atoms with E-state index in [1.165, 1.54) is 10.9 Å². The lowest BCUT2D eigenvalue weighted by Gasteiger charge is -2.20. The molecule has 1 aliphatic rings. The number of hydrogen-bond acceptors (Lipinski definition) is 4. The van der Waals surface area contributed by atoms with Gasteiger partial charge in [-0.1, -0.05) is 0 Å². The lowest BCUT2D eigenvalue weighted by atomic mass is 10.2. The average molecular weight is 183 g/mol. The van der Waals surface area contributed by atoms with Crippen molar-refractivity contribution in [1.82, 2.24) is 9.78 Å². The van der Waals surface area contributed by atoms with Crippen LogP contribution in [0.5, 0.6) is 5.88 Å². The Kier molecular flexibility index (Phi) is 1.68. The second-order valence-electron chi connectivity index (χ2n) is 3.03. The van der Waals surface area contributed by atoms with Crippen molar-refractivity contribution in [3.63, 3.8) is 0 Å². The summed E-state index contributed by atoms with van der Waals surface area (Å²) in [5, 5.41) is 14.4. The van der Waals surface area contributed by atoms with Crippen molar-refractivity contribution in [1.29, 1.82) is 0 Å². The zero-order chi connectivity index (χ0) is 9.42. The molecule has 2 rings (SSSR count). The van der Waals surface area contributed by atoms with Crippen molar-refractivity contribution >= 4 is 5.69 Å². The van der Waals surface area contributed by atoms with Crippen LogP contribution in [0.4, 0.5) is 5.69 Å². The largest absolute Gasteiger partial charge is 0.470 e. The summed E-state index contributed by atoms with van der Waals surface area (Å²) in [6.45, 7) is 2.57. The molecule has 1 aromatic heterocycles. The number of nitrogens with zero attached hydrogens (tertiary/aromatic N) is 3. The molecule has 1 aromatic rings. The molecule has 0 amide bonds. The Morgan fingerprint density at radius 3 is 3.31 bits per heavy atom. The van der Waals surface area contributed by atoms with Crippen molar-refractivity contribution in [2.45, 2.75) is 26.0 Å². The fraction of sp³-hybridized carbons (Fsp3) is 0.571. The van der Waals surface area contributed by atoms with E-state index in [1.54, 1.807) is 0 Å². The molecule has 1 unspecified atom stereocenters. The second kappa shape index (κ2) is 2.72. The molecule has 0 saturated heterocycles. The summed E-state index contributed by atoms with van der Waals surface area (Å²) in [5.74, 6) is 0.281. The van der Waals surface area contributed by atoms with Crippen LogP contribution in [0.15, 0.2) is 6.20 Å². The molecule has 6 heteroatoms. The van der Waals surface area contributed by atoms with Gasteiger partial charge in [0.2, 0.25) is 0 Å². The minimum Gasteiger partial charge on any atom is -0.470 e. The molecular weight excluding hydrogens is 174 g/mol. The summed E-state index contributed by atoms with van der Waals surface area (Å²) in [4.78, 5) is 10.0. The maximum absolute atomic E-state index is 10.5. The maximum atomic E-state index is 10.5. The molecule has 13 heavy (non-hydrogen) atoms. The molecule has 0 N–H and O–H groups in total. The summed E-state index contributed by atoms with van der Waals surface area (Å²) in [6, 6.07) is 0. The molecule has 70 valence electrons. The summed E-state index contributed by atoms with van der Waals surface area (Å²) in [5.41, 5.74) is -0.0495. The number of hydrogen-bond donors (Lipinski definition) is 0. The van der Waals surface area contributed by atoms with Gasteiger partial charge in [-0.15, -0.1) is 0 Å². The van der Waals surface area contributed by atoms with Crippen LogP contribution < -0.4 is 4.74 Å². The van der Waals surface area contributed by atoms with Gasteiger partial charge in [-0.05, 0) is 6.92 Å². The monoisotopic (exact) mass is 183 g/mol. The van der Waals surface area contributed by atoms with Gasteiger partial charge < -0.3 is 4.74 Å². The molecule has 1 atom stereocenters. The molecular formula is C7H9N3O3. The Morgan fingerprint density at radius 1 is 1.85 bits per heavy atom. The SMILES string of the molecule is CC1CCn2ncc([N+](=O)[O-])c2O1. The summed E-state index contributed by atoms with van der Waals surface area (Å²) in [7, 11) is 0. The Labute approximate surface area is 74.3 Å². The zero-order valence-electron chi connectivity index (χ0n) is 7.14. The van der Waals surface area contributed by atoms with E-state index < -0.39 is 4.92 Å². The number of ether oxygens (including phenoxy) is 1. The van der Waals surface area contributed by atoms with Crippen LogP contribution in [0.3, 0.4) is 0 Å². The van der Waals surface area contributed by atoms with Gasteiger partial charge in [0.05, 0.1) is 11.0 Å². The lowest BCUT2D eigenvalue weighted by molar-refractivity contribution is -0.386. The van der Waals surface area contributed by atoms with Crippen molar-refractivity contribution in [3.05, 3.63) is 16.3 Å². The van der Waals surface area contributed by atoms with Gasteiger partial charge in [0.25, 0.3) is 5.88 Å². The first-order chi connectivity index (χ1) is 6.18. The molecule has 0 aliphatic carbocycles. The summed E-state index contributed by atoms with van der Waals surface area (Å²) in [6.07, 6.45) is 2.10. The predicted octanol–water partition coefficient (Wildman–Crippen LogP) is 0.962. The van der Waals surface area contributed by atoms with Gasteiger partial charge in [0, 0.05) is 13.0 Å². The van der Waals surface area contributed by atoms with Crippen molar-refractivity contribution in [2.24, 2.45) is 0 Å². The summed E-state index contributed by atoms with van der Waals surface area (Å²) < 4.78 is 6.85. The number of aryl methyl sites for hydroxylation is 1.